The van der Waals surface area contributed by atoms with E-state index in [2.05, 4.69) is 6.58 Å². The van der Waals surface area contributed by atoms with Gasteiger partial charge in [0.2, 0.25) is 0 Å². The number of alkyl halides is 4. The number of nitrogens with two attached hydrogens (primary N) is 1. The van der Waals surface area contributed by atoms with E-state index in [1.54, 1.807) is 0 Å². The van der Waals surface area contributed by atoms with Crippen molar-refractivity contribution in [2.24, 2.45) is 5.92 Å². The van der Waals surface area contributed by atoms with Crippen LogP contribution in [0.25, 0.3) is 0 Å². The van der Waals surface area contributed by atoms with E-state index >= 15 is 0 Å². The third-order valence-electron chi connectivity index (χ3n) is 3.65. The Morgan fingerprint density at radius 1 is 1.33 bits per heavy atom. The summed E-state index contributed by atoms with van der Waals surface area (Å²) in [6.07, 6.45) is -1.22. The van der Waals surface area contributed by atoms with Crippen molar-refractivity contribution in [2.45, 2.75) is 23.2 Å². The zero-order valence-corrected chi connectivity index (χ0v) is 12.7. The smallest absolute Gasteiger partial charge is 0.317 e. The van der Waals surface area contributed by atoms with E-state index < -0.39 is 50.7 Å². The summed E-state index contributed by atoms with van der Waals surface area (Å²) in [6, 6.07) is 2.99. The van der Waals surface area contributed by atoms with E-state index in [9.17, 15) is 30.8 Å². The van der Waals surface area contributed by atoms with Gasteiger partial charge >= 0.3 is 11.8 Å². The molecule has 1 aromatic rings. The van der Waals surface area contributed by atoms with Gasteiger partial charge in [-0.3, -0.25) is 9.35 Å². The van der Waals surface area contributed by atoms with E-state index in [0.29, 0.717) is 0 Å². The zero-order valence-electron chi connectivity index (χ0n) is 11.9. The molecule has 1 fully saturated rings. The lowest BCUT2D eigenvalue weighted by atomic mass is 9.72. The summed E-state index contributed by atoms with van der Waals surface area (Å²) in [5, 5.41) is 2.05. The Morgan fingerprint density at radius 2 is 1.92 bits per heavy atom. The van der Waals surface area contributed by atoms with Crippen LogP contribution in [0.3, 0.4) is 0 Å². The summed E-state index contributed by atoms with van der Waals surface area (Å²) in [7, 11) is -4.67. The van der Waals surface area contributed by atoms with E-state index in [1.807, 2.05) is 5.32 Å². The van der Waals surface area contributed by atoms with Crippen LogP contribution in [0.2, 0.25) is 0 Å². The van der Waals surface area contributed by atoms with Crippen LogP contribution in [0.4, 0.5) is 28.9 Å². The van der Waals surface area contributed by atoms with Crippen LogP contribution >= 0.6 is 0 Å². The number of anilines is 2. The van der Waals surface area contributed by atoms with Crippen molar-refractivity contribution in [2.75, 3.05) is 11.1 Å². The number of hydrogen-bond donors (Lipinski definition) is 3. The first-order valence-corrected chi connectivity index (χ1v) is 7.84. The second-order valence-corrected chi connectivity index (χ2v) is 6.68. The highest BCUT2D eigenvalue weighted by molar-refractivity contribution is 7.86. The molecule has 11 heteroatoms. The lowest BCUT2D eigenvalue weighted by molar-refractivity contribution is -0.303. The summed E-state index contributed by atoms with van der Waals surface area (Å²) >= 11 is 0. The van der Waals surface area contributed by atoms with Crippen molar-refractivity contribution >= 4 is 27.4 Å². The standard InChI is InChI=1S/C13H12F4N2O4S/c1-6(8-5-12(14,15)13(8,16)17)11(20)19-7-2-3-9(18)10(4-7)24(21,22)23/h2-4,8H,1,5,18H2,(H,19,20)(H,21,22,23). The molecule has 0 heterocycles. The van der Waals surface area contributed by atoms with E-state index in [-0.39, 0.29) is 11.4 Å². The van der Waals surface area contributed by atoms with E-state index in [4.69, 9.17) is 10.3 Å². The van der Waals surface area contributed by atoms with Crippen LogP contribution in [0.15, 0.2) is 35.2 Å². The second kappa shape index (κ2) is 5.45. The number of rotatable bonds is 4. The Kier molecular flexibility index (Phi) is 4.13. The molecule has 132 valence electrons. The summed E-state index contributed by atoms with van der Waals surface area (Å²) in [5.41, 5.74) is 4.09. The minimum Gasteiger partial charge on any atom is -0.398 e. The van der Waals surface area contributed by atoms with Crippen molar-refractivity contribution in [1.82, 2.24) is 0 Å². The minimum absolute atomic E-state index is 0.197. The molecule has 1 saturated carbocycles. The Morgan fingerprint density at radius 3 is 2.38 bits per heavy atom. The normalized spacial score (nSPS) is 21.6. The van der Waals surface area contributed by atoms with Gasteiger partial charge in [-0.15, -0.1) is 0 Å². The molecule has 6 nitrogen and oxygen atoms in total. The number of nitrogen functional groups attached to an aromatic ring is 1. The van der Waals surface area contributed by atoms with Gasteiger partial charge in [0.1, 0.15) is 4.90 Å². The molecule has 0 radical (unpaired) electrons. The Balaban J connectivity index is 2.18. The van der Waals surface area contributed by atoms with Gasteiger partial charge in [-0.25, -0.2) is 0 Å². The maximum atomic E-state index is 13.3. The third kappa shape index (κ3) is 2.96. The summed E-state index contributed by atoms with van der Waals surface area (Å²) in [6.45, 7) is 3.11. The van der Waals surface area contributed by atoms with Crippen LogP contribution < -0.4 is 11.1 Å². The highest BCUT2D eigenvalue weighted by Gasteiger charge is 2.72. The number of carbonyl (C=O) groups excluding carboxylic acids is 1. The molecule has 1 aliphatic rings. The molecule has 1 amide bonds. The maximum Gasteiger partial charge on any atom is 0.317 e. The molecule has 4 N–H and O–H groups in total. The molecule has 24 heavy (non-hydrogen) atoms. The first kappa shape index (κ1) is 18.2. The lowest BCUT2D eigenvalue weighted by Gasteiger charge is -2.44. The highest BCUT2D eigenvalue weighted by atomic mass is 32.2. The quantitative estimate of drug-likeness (QED) is 0.327. The van der Waals surface area contributed by atoms with Gasteiger partial charge in [0.15, 0.2) is 0 Å². The molecular formula is C13H12F4N2O4S. The van der Waals surface area contributed by atoms with Gasteiger partial charge in [-0.05, 0) is 18.2 Å². The highest BCUT2D eigenvalue weighted by Crippen LogP contribution is 2.57. The SMILES string of the molecule is C=C(C(=O)Nc1ccc(N)c(S(=O)(=O)O)c1)C1CC(F)(F)C1(F)F. The summed E-state index contributed by atoms with van der Waals surface area (Å²) in [5.74, 6) is -11.8. The predicted octanol–water partition coefficient (Wildman–Crippen LogP) is 2.30. The molecule has 2 rings (SSSR count). The number of nitrogens with one attached hydrogen (secondary N) is 1. The Bertz CT molecular complexity index is 823. The minimum atomic E-state index is -4.67. The molecule has 0 spiro atoms. The van der Waals surface area contributed by atoms with Gasteiger partial charge in [-0.1, -0.05) is 6.58 Å². The number of carbonyl (C=O) groups is 1. The molecule has 0 aromatic heterocycles. The van der Waals surface area contributed by atoms with Crippen LogP contribution in [-0.2, 0) is 14.9 Å². The van der Waals surface area contributed by atoms with Crippen molar-refractivity contribution < 1.29 is 35.3 Å². The molecule has 1 aliphatic carbocycles. The fraction of sp³-hybridized carbons (Fsp3) is 0.308. The first-order chi connectivity index (χ1) is 10.8. The molecular weight excluding hydrogens is 356 g/mol. The third-order valence-corrected chi connectivity index (χ3v) is 4.56. The van der Waals surface area contributed by atoms with Crippen LogP contribution in [0, 0.1) is 5.92 Å². The number of hydrogen-bond acceptors (Lipinski definition) is 4. The van der Waals surface area contributed by atoms with Crippen molar-refractivity contribution in [3.63, 3.8) is 0 Å². The fourth-order valence-electron chi connectivity index (χ4n) is 2.19. The van der Waals surface area contributed by atoms with Crippen molar-refractivity contribution in [3.8, 4) is 0 Å². The Labute approximate surface area is 134 Å². The second-order valence-electron chi connectivity index (χ2n) is 5.29. The predicted molar refractivity (Wildman–Crippen MR) is 76.4 cm³/mol. The molecule has 0 saturated heterocycles. The van der Waals surface area contributed by atoms with Gasteiger partial charge in [0.05, 0.1) is 11.6 Å². The van der Waals surface area contributed by atoms with Gasteiger partial charge in [0.25, 0.3) is 16.0 Å². The number of amides is 1. The topological polar surface area (TPSA) is 109 Å². The number of halogens is 4. The zero-order chi connectivity index (χ0) is 18.5. The van der Waals surface area contributed by atoms with E-state index in [0.717, 1.165) is 18.2 Å². The average molecular weight is 368 g/mol. The number of benzene rings is 1. The molecule has 1 atom stereocenters. The van der Waals surface area contributed by atoms with Gasteiger partial charge < -0.3 is 11.1 Å². The average Bonchev–Trinajstić information content (AvgIpc) is 2.44. The molecule has 1 unspecified atom stereocenters. The molecule has 1 aromatic carbocycles. The Hall–Kier alpha value is -2.14. The van der Waals surface area contributed by atoms with Gasteiger partial charge in [0, 0.05) is 17.7 Å². The van der Waals surface area contributed by atoms with E-state index in [1.165, 1.54) is 0 Å². The van der Waals surface area contributed by atoms with Crippen molar-refractivity contribution in [1.29, 1.82) is 0 Å². The lowest BCUT2D eigenvalue weighted by Crippen LogP contribution is -2.60. The van der Waals surface area contributed by atoms with Crippen LogP contribution in [0.5, 0.6) is 0 Å². The van der Waals surface area contributed by atoms with Crippen LogP contribution in [-0.4, -0.2) is 30.7 Å². The molecule has 0 bridgehead atoms. The summed E-state index contributed by atoms with van der Waals surface area (Å²) < 4.78 is 83.4. The van der Waals surface area contributed by atoms with Crippen molar-refractivity contribution in [3.05, 3.63) is 30.4 Å². The fourth-order valence-corrected chi connectivity index (χ4v) is 2.83. The van der Waals surface area contributed by atoms with Crippen LogP contribution in [0.1, 0.15) is 6.42 Å². The monoisotopic (exact) mass is 368 g/mol. The largest absolute Gasteiger partial charge is 0.398 e. The van der Waals surface area contributed by atoms with Gasteiger partial charge in [-0.2, -0.15) is 26.0 Å². The summed E-state index contributed by atoms with van der Waals surface area (Å²) in [4.78, 5) is 11.2. The first-order valence-electron chi connectivity index (χ1n) is 6.40. The molecule has 0 aliphatic heterocycles. The maximum absolute atomic E-state index is 13.3.